The van der Waals surface area contributed by atoms with Crippen LogP contribution in [0.4, 0.5) is 0 Å². The van der Waals surface area contributed by atoms with Crippen molar-refractivity contribution in [3.05, 3.63) is 122 Å². The summed E-state index contributed by atoms with van der Waals surface area (Å²) in [6.45, 7) is 3.86. The summed E-state index contributed by atoms with van der Waals surface area (Å²) in [4.78, 5) is 23.1. The SMILES string of the molecule is CC/C=C\C/C=C\C/C=C\C/C=C\C/C=C\CCCCCCCCOCC(COP(=O)(O)OC1C(O)C(O)C(O)C(O)C1O)OC(=O)C/C=C\C/C=C\C/C=C\C/C=C\C/C=C\CC. The van der Waals surface area contributed by atoms with Gasteiger partial charge in [-0.1, -0.05) is 161 Å². The van der Waals surface area contributed by atoms with Crippen molar-refractivity contribution in [1.82, 2.24) is 0 Å². The largest absolute Gasteiger partial charge is 0.472 e. The smallest absolute Gasteiger partial charge is 0.457 e. The fourth-order valence-electron chi connectivity index (χ4n) is 6.22. The Hall–Kier alpha value is -3.26. The molecule has 0 spiro atoms. The van der Waals surface area contributed by atoms with Gasteiger partial charge in [0.15, 0.2) is 0 Å². The molecule has 64 heavy (non-hydrogen) atoms. The molecule has 0 heterocycles. The van der Waals surface area contributed by atoms with Crippen LogP contribution in [-0.2, 0) is 27.9 Å². The third-order valence-electron chi connectivity index (χ3n) is 9.86. The molecule has 0 aromatic carbocycles. The van der Waals surface area contributed by atoms with E-state index in [0.717, 1.165) is 103 Å². The van der Waals surface area contributed by atoms with Gasteiger partial charge < -0.3 is 39.9 Å². The second kappa shape index (κ2) is 40.1. The molecule has 13 heteroatoms. The molecule has 0 saturated heterocycles. The predicted molar refractivity (Wildman–Crippen MR) is 257 cm³/mol. The van der Waals surface area contributed by atoms with Crippen molar-refractivity contribution >= 4 is 13.8 Å². The Labute approximate surface area is 384 Å². The highest BCUT2D eigenvalue weighted by molar-refractivity contribution is 7.47. The number of allylic oxidation sites excluding steroid dienone is 19. The fraction of sp³-hybridized carbons (Fsp3) is 0.588. The quantitative estimate of drug-likeness (QED) is 0.0150. The molecule has 0 amide bonds. The van der Waals surface area contributed by atoms with E-state index in [1.165, 1.54) is 0 Å². The second-order valence-electron chi connectivity index (χ2n) is 15.5. The highest BCUT2D eigenvalue weighted by atomic mass is 31.2. The summed E-state index contributed by atoms with van der Waals surface area (Å²) in [7, 11) is -5.06. The zero-order valence-corrected chi connectivity index (χ0v) is 39.4. The first kappa shape index (κ1) is 58.8. The van der Waals surface area contributed by atoms with E-state index in [2.05, 4.69) is 111 Å². The van der Waals surface area contributed by atoms with E-state index in [1.807, 2.05) is 18.2 Å². The molecule has 0 aromatic rings. The number of ether oxygens (including phenoxy) is 2. The summed E-state index contributed by atoms with van der Waals surface area (Å²) in [6, 6.07) is 0. The minimum atomic E-state index is -5.06. The predicted octanol–water partition coefficient (Wildman–Crippen LogP) is 9.86. The van der Waals surface area contributed by atoms with E-state index in [0.29, 0.717) is 13.0 Å². The lowest BCUT2D eigenvalue weighted by Crippen LogP contribution is -2.64. The number of phosphoric acid groups is 1. The van der Waals surface area contributed by atoms with E-state index >= 15 is 0 Å². The van der Waals surface area contributed by atoms with Gasteiger partial charge in [-0.2, -0.15) is 0 Å². The maximum Gasteiger partial charge on any atom is 0.472 e. The lowest BCUT2D eigenvalue weighted by atomic mass is 9.85. The Balaban J connectivity index is 2.45. The molecule has 6 unspecified atom stereocenters. The van der Waals surface area contributed by atoms with Crippen molar-refractivity contribution in [2.75, 3.05) is 19.8 Å². The van der Waals surface area contributed by atoms with Crippen LogP contribution in [0.2, 0.25) is 0 Å². The normalized spacial score (nSPS) is 22.8. The molecule has 0 aliphatic heterocycles. The van der Waals surface area contributed by atoms with Crippen molar-refractivity contribution in [2.45, 2.75) is 172 Å². The molecular weight excluding hydrogens is 836 g/mol. The molecule has 6 N–H and O–H groups in total. The highest BCUT2D eigenvalue weighted by Gasteiger charge is 2.51. The summed E-state index contributed by atoms with van der Waals surface area (Å²) in [6.07, 6.45) is 45.8. The second-order valence-corrected chi connectivity index (χ2v) is 16.9. The summed E-state index contributed by atoms with van der Waals surface area (Å²) in [5, 5.41) is 50.2. The Morgan fingerprint density at radius 2 is 0.875 bits per heavy atom. The van der Waals surface area contributed by atoms with E-state index in [4.69, 9.17) is 18.5 Å². The standard InChI is InChI=1S/C51H81O12P/c1-3-5-7-9-11-13-15-17-19-20-21-22-23-24-25-27-29-31-33-35-37-39-41-60-42-44(43-61-64(58,59)63-51-49(56)47(54)46(53)48(55)50(51)57)62-45(52)40-38-36-34-32-30-28-26-18-16-14-12-10-8-6-4-2/h5-8,11-14,17-19,21-22,24-26,30,32,36,38,44,46-51,53-57H,3-4,9-10,15-16,20,23,27-29,31,33-35,37,39-43H2,1-2H3,(H,58,59)/b7-5-,8-6-,13-11-,14-12-,19-17-,22-21-,25-24-,26-18-,32-30-,38-36-. The van der Waals surface area contributed by atoms with E-state index in [-0.39, 0.29) is 13.0 Å². The number of aliphatic hydroxyl groups is 5. The number of carbonyl (C=O) groups excluding carboxylic acids is 1. The van der Waals surface area contributed by atoms with E-state index in [1.54, 1.807) is 6.08 Å². The monoisotopic (exact) mass is 917 g/mol. The van der Waals surface area contributed by atoms with Gasteiger partial charge in [0.1, 0.15) is 42.7 Å². The van der Waals surface area contributed by atoms with Crippen LogP contribution in [-0.4, -0.2) is 98.9 Å². The van der Waals surface area contributed by atoms with Crippen molar-refractivity contribution in [1.29, 1.82) is 0 Å². The van der Waals surface area contributed by atoms with Crippen LogP contribution in [0.5, 0.6) is 0 Å². The molecular formula is C51H81O12P. The summed E-state index contributed by atoms with van der Waals surface area (Å²) in [5.41, 5.74) is 0. The number of phosphoric ester groups is 1. The van der Waals surface area contributed by atoms with Gasteiger partial charge >= 0.3 is 13.8 Å². The van der Waals surface area contributed by atoms with Crippen molar-refractivity contribution in [2.24, 2.45) is 0 Å². The van der Waals surface area contributed by atoms with Gasteiger partial charge in [0, 0.05) is 6.61 Å². The molecule has 6 atom stereocenters. The molecule has 0 aromatic heterocycles. The summed E-state index contributed by atoms with van der Waals surface area (Å²) in [5.74, 6) is -0.616. The molecule has 0 bridgehead atoms. The van der Waals surface area contributed by atoms with Crippen LogP contribution < -0.4 is 0 Å². The topological polar surface area (TPSA) is 192 Å². The molecule has 0 radical (unpaired) electrons. The number of hydrogen-bond acceptors (Lipinski definition) is 11. The lowest BCUT2D eigenvalue weighted by molar-refractivity contribution is -0.220. The third-order valence-corrected chi connectivity index (χ3v) is 10.8. The Morgan fingerprint density at radius 1 is 0.500 bits per heavy atom. The number of aliphatic hydroxyl groups excluding tert-OH is 5. The average molecular weight is 917 g/mol. The van der Waals surface area contributed by atoms with Gasteiger partial charge in [-0.3, -0.25) is 13.8 Å². The molecule has 1 saturated carbocycles. The van der Waals surface area contributed by atoms with Crippen LogP contribution in [0, 0.1) is 0 Å². The van der Waals surface area contributed by atoms with Gasteiger partial charge in [-0.05, 0) is 83.5 Å². The maximum atomic E-state index is 12.8. The number of unbranched alkanes of at least 4 members (excludes halogenated alkanes) is 6. The molecule has 362 valence electrons. The molecule has 1 fully saturated rings. The fourth-order valence-corrected chi connectivity index (χ4v) is 7.19. The van der Waals surface area contributed by atoms with Gasteiger partial charge in [-0.15, -0.1) is 0 Å². The van der Waals surface area contributed by atoms with Crippen molar-refractivity contribution in [3.8, 4) is 0 Å². The van der Waals surface area contributed by atoms with Crippen LogP contribution in [0.25, 0.3) is 0 Å². The minimum Gasteiger partial charge on any atom is -0.457 e. The molecule has 1 aliphatic rings. The molecule has 1 rings (SSSR count). The summed E-state index contributed by atoms with van der Waals surface area (Å²) >= 11 is 0. The first-order valence-corrected chi connectivity index (χ1v) is 24.9. The number of hydrogen-bond donors (Lipinski definition) is 6. The third kappa shape index (κ3) is 31.6. The zero-order chi connectivity index (χ0) is 46.9. The van der Waals surface area contributed by atoms with Crippen LogP contribution in [0.1, 0.15) is 129 Å². The van der Waals surface area contributed by atoms with E-state index in [9.17, 15) is 39.8 Å². The van der Waals surface area contributed by atoms with Gasteiger partial charge in [0.05, 0.1) is 19.6 Å². The summed E-state index contributed by atoms with van der Waals surface area (Å²) < 4.78 is 34.0. The van der Waals surface area contributed by atoms with Crippen molar-refractivity contribution < 1.29 is 58.3 Å². The van der Waals surface area contributed by atoms with Gasteiger partial charge in [0.25, 0.3) is 0 Å². The highest BCUT2D eigenvalue weighted by Crippen LogP contribution is 2.47. The van der Waals surface area contributed by atoms with Gasteiger partial charge in [0.2, 0.25) is 0 Å². The minimum absolute atomic E-state index is 0.0586. The van der Waals surface area contributed by atoms with Crippen LogP contribution >= 0.6 is 7.82 Å². The first-order valence-electron chi connectivity index (χ1n) is 23.4. The lowest BCUT2D eigenvalue weighted by Gasteiger charge is -2.41. The first-order chi connectivity index (χ1) is 31.0. The average Bonchev–Trinajstić information content (AvgIpc) is 3.28. The number of rotatable bonds is 37. The van der Waals surface area contributed by atoms with Crippen LogP contribution in [0.15, 0.2) is 122 Å². The van der Waals surface area contributed by atoms with Gasteiger partial charge in [-0.25, -0.2) is 4.57 Å². The maximum absolute atomic E-state index is 12.8. The number of carbonyl (C=O) groups is 1. The van der Waals surface area contributed by atoms with Crippen molar-refractivity contribution in [3.63, 3.8) is 0 Å². The molecule has 1 aliphatic carbocycles. The zero-order valence-electron chi connectivity index (χ0n) is 38.5. The number of esters is 1. The van der Waals surface area contributed by atoms with Crippen LogP contribution in [0.3, 0.4) is 0 Å². The Kier molecular flexibility index (Phi) is 36.8. The van der Waals surface area contributed by atoms with E-state index < -0.39 is 63.1 Å². The Morgan fingerprint density at radius 3 is 1.33 bits per heavy atom. The Bertz CT molecular complexity index is 1510. The molecule has 12 nitrogen and oxygen atoms in total.